The predicted molar refractivity (Wildman–Crippen MR) is 247 cm³/mol. The molecule has 1 rings (SSSR count). The zero-order valence-electron chi connectivity index (χ0n) is 38.2. The Morgan fingerprint density at radius 1 is 0.548 bits per heavy atom. The lowest BCUT2D eigenvalue weighted by molar-refractivity contribution is -0.297. The third kappa shape index (κ3) is 32.9. The molecule has 1 fully saturated rings. The van der Waals surface area contributed by atoms with Crippen LogP contribution in [-0.2, 0) is 38.7 Å². The standard InChI is InChI=1S/C49H84O12S/c1-3-5-7-9-11-13-15-17-19-20-21-22-24-26-28-30-32-34-36-38-45(51)60-42(40-59-49-48(54)47(53)46(52)43(61-49)41-62(55,56)57)39-58-44(50)37-35-33-31-29-27-25-23-18-16-14-12-10-8-6-4-2/h11,13,17-19,21-23,26,28,42-43,46-49,52-54H,3-10,12,14-16,20,24-25,27,29-41H2,1-2H3,(H,55,56,57)/b13-11+,19-17+,22-21+,23-18+,28-26+/t42-,43-,46-,47?,48?,49+/m1/s1. The minimum absolute atomic E-state index is 0.123. The van der Waals surface area contributed by atoms with Gasteiger partial charge in [-0.15, -0.1) is 0 Å². The molecule has 0 spiro atoms. The Morgan fingerprint density at radius 3 is 1.50 bits per heavy atom. The Hall–Kier alpha value is -2.65. The van der Waals surface area contributed by atoms with Gasteiger partial charge in [-0.05, 0) is 83.5 Å². The van der Waals surface area contributed by atoms with Gasteiger partial charge < -0.3 is 34.3 Å². The maximum atomic E-state index is 12.8. The summed E-state index contributed by atoms with van der Waals surface area (Å²) in [5, 5.41) is 30.9. The van der Waals surface area contributed by atoms with E-state index in [0.29, 0.717) is 12.8 Å². The first-order valence-electron chi connectivity index (χ1n) is 23.8. The average Bonchev–Trinajstić information content (AvgIpc) is 3.24. The van der Waals surface area contributed by atoms with Crippen molar-refractivity contribution in [1.82, 2.24) is 0 Å². The third-order valence-electron chi connectivity index (χ3n) is 10.6. The molecule has 0 bridgehead atoms. The molecule has 12 nitrogen and oxygen atoms in total. The number of carbonyl (C=O) groups is 2. The number of aliphatic hydroxyl groups is 3. The maximum absolute atomic E-state index is 12.8. The number of unbranched alkanes of at least 4 members (excludes halogenated alkanes) is 17. The second-order valence-electron chi connectivity index (χ2n) is 16.4. The van der Waals surface area contributed by atoms with E-state index in [1.807, 2.05) is 0 Å². The van der Waals surface area contributed by atoms with E-state index in [-0.39, 0.29) is 19.4 Å². The summed E-state index contributed by atoms with van der Waals surface area (Å²) in [6.07, 6.45) is 38.3. The second kappa shape index (κ2) is 38.8. The molecule has 0 radical (unpaired) electrons. The number of ether oxygens (including phenoxy) is 4. The van der Waals surface area contributed by atoms with Gasteiger partial charge in [0.1, 0.15) is 36.8 Å². The molecule has 4 N–H and O–H groups in total. The fraction of sp³-hybridized carbons (Fsp3) is 0.755. The van der Waals surface area contributed by atoms with E-state index in [4.69, 9.17) is 18.9 Å². The van der Waals surface area contributed by atoms with Crippen molar-refractivity contribution in [2.75, 3.05) is 19.0 Å². The average molecular weight is 897 g/mol. The summed E-state index contributed by atoms with van der Waals surface area (Å²) in [5.41, 5.74) is 0. The number of esters is 2. The monoisotopic (exact) mass is 897 g/mol. The van der Waals surface area contributed by atoms with Crippen LogP contribution in [0.1, 0.15) is 181 Å². The molecule has 62 heavy (non-hydrogen) atoms. The van der Waals surface area contributed by atoms with Crippen molar-refractivity contribution >= 4 is 22.1 Å². The molecule has 1 aliphatic rings. The highest BCUT2D eigenvalue weighted by Gasteiger charge is 2.46. The van der Waals surface area contributed by atoms with E-state index in [1.54, 1.807) is 0 Å². The van der Waals surface area contributed by atoms with Crippen LogP contribution in [0.2, 0.25) is 0 Å². The number of rotatable bonds is 39. The van der Waals surface area contributed by atoms with Crippen molar-refractivity contribution in [1.29, 1.82) is 0 Å². The van der Waals surface area contributed by atoms with E-state index in [0.717, 1.165) is 83.5 Å². The Kier molecular flexibility index (Phi) is 35.9. The van der Waals surface area contributed by atoms with E-state index >= 15 is 0 Å². The molecule has 0 aromatic heterocycles. The largest absolute Gasteiger partial charge is 0.462 e. The number of aliphatic hydroxyl groups excluding tert-OH is 3. The first-order valence-corrected chi connectivity index (χ1v) is 25.5. The molecular weight excluding hydrogens is 813 g/mol. The van der Waals surface area contributed by atoms with Crippen molar-refractivity contribution in [3.8, 4) is 0 Å². The van der Waals surface area contributed by atoms with E-state index in [9.17, 15) is 37.9 Å². The quantitative estimate of drug-likeness (QED) is 0.0198. The van der Waals surface area contributed by atoms with Crippen molar-refractivity contribution in [2.24, 2.45) is 0 Å². The van der Waals surface area contributed by atoms with Crippen LogP contribution in [-0.4, -0.2) is 96.0 Å². The smallest absolute Gasteiger partial charge is 0.306 e. The van der Waals surface area contributed by atoms with Crippen LogP contribution >= 0.6 is 0 Å². The molecule has 13 heteroatoms. The molecule has 0 amide bonds. The fourth-order valence-electron chi connectivity index (χ4n) is 6.83. The maximum Gasteiger partial charge on any atom is 0.306 e. The first-order chi connectivity index (χ1) is 30.0. The van der Waals surface area contributed by atoms with Crippen molar-refractivity contribution in [3.63, 3.8) is 0 Å². The van der Waals surface area contributed by atoms with Crippen LogP contribution in [0, 0.1) is 0 Å². The highest BCUT2D eigenvalue weighted by atomic mass is 32.2. The van der Waals surface area contributed by atoms with Crippen molar-refractivity contribution in [3.05, 3.63) is 60.8 Å². The summed E-state index contributed by atoms with van der Waals surface area (Å²) in [6, 6.07) is 0. The first kappa shape index (κ1) is 57.4. The van der Waals surface area contributed by atoms with Crippen LogP contribution in [0.25, 0.3) is 0 Å². The van der Waals surface area contributed by atoms with E-state index < -0.39 is 71.2 Å². The minimum atomic E-state index is -4.61. The van der Waals surface area contributed by atoms with Crippen LogP contribution < -0.4 is 0 Å². The molecule has 358 valence electrons. The summed E-state index contributed by atoms with van der Waals surface area (Å²) in [4.78, 5) is 25.4. The highest BCUT2D eigenvalue weighted by molar-refractivity contribution is 7.85. The fourth-order valence-corrected chi connectivity index (χ4v) is 7.52. The van der Waals surface area contributed by atoms with Crippen LogP contribution in [0.4, 0.5) is 0 Å². The zero-order chi connectivity index (χ0) is 45.5. The van der Waals surface area contributed by atoms with E-state index in [1.165, 1.54) is 57.8 Å². The number of carbonyl (C=O) groups excluding carboxylic acids is 2. The molecule has 1 aliphatic heterocycles. The van der Waals surface area contributed by atoms with Gasteiger partial charge in [0.05, 0.1) is 6.61 Å². The Balaban J connectivity index is 2.47. The number of hydrogen-bond acceptors (Lipinski definition) is 11. The molecule has 1 heterocycles. The van der Waals surface area contributed by atoms with Gasteiger partial charge in [-0.3, -0.25) is 14.1 Å². The summed E-state index contributed by atoms with van der Waals surface area (Å²) in [6.45, 7) is 3.69. The van der Waals surface area contributed by atoms with Gasteiger partial charge in [-0.1, -0.05) is 145 Å². The molecule has 0 aliphatic carbocycles. The molecular formula is C49H84O12S. The Morgan fingerprint density at radius 2 is 0.968 bits per heavy atom. The number of allylic oxidation sites excluding steroid dienone is 10. The molecule has 0 aromatic rings. The van der Waals surface area contributed by atoms with E-state index in [2.05, 4.69) is 74.6 Å². The SMILES string of the molecule is CCCCC/C=C/C/C=C/C/C=C/C/C=C/CCCCCC(=O)O[C@H](COC(=O)CCCCCCC/C=C/CCCCCCCC)CO[C@H]1O[C@H](CS(=O)(=O)O)[C@@H](O)C(O)C1O. The summed E-state index contributed by atoms with van der Waals surface area (Å²) < 4.78 is 54.1. The van der Waals surface area contributed by atoms with Gasteiger partial charge in [-0.2, -0.15) is 8.42 Å². The highest BCUT2D eigenvalue weighted by Crippen LogP contribution is 2.24. The van der Waals surface area contributed by atoms with Crippen LogP contribution in [0.3, 0.4) is 0 Å². The molecule has 6 atom stereocenters. The topological polar surface area (TPSA) is 186 Å². The molecule has 0 saturated carbocycles. The normalized spacial score (nSPS) is 20.4. The van der Waals surface area contributed by atoms with Gasteiger partial charge in [0.25, 0.3) is 10.1 Å². The number of hydrogen-bond donors (Lipinski definition) is 4. The van der Waals surface area contributed by atoms with Gasteiger partial charge in [0.2, 0.25) is 0 Å². The summed E-state index contributed by atoms with van der Waals surface area (Å²) >= 11 is 0. The van der Waals surface area contributed by atoms with Crippen molar-refractivity contribution < 1.29 is 56.8 Å². The zero-order valence-corrected chi connectivity index (χ0v) is 39.0. The van der Waals surface area contributed by atoms with Gasteiger partial charge in [0.15, 0.2) is 12.4 Å². The lowest BCUT2D eigenvalue weighted by Crippen LogP contribution is -2.60. The summed E-state index contributed by atoms with van der Waals surface area (Å²) in [5.74, 6) is -2.04. The molecule has 2 unspecified atom stereocenters. The van der Waals surface area contributed by atoms with Crippen LogP contribution in [0.5, 0.6) is 0 Å². The van der Waals surface area contributed by atoms with Crippen molar-refractivity contribution in [2.45, 2.75) is 218 Å². The third-order valence-corrected chi connectivity index (χ3v) is 11.3. The van der Waals surface area contributed by atoms with Gasteiger partial charge >= 0.3 is 11.9 Å². The second-order valence-corrected chi connectivity index (χ2v) is 17.9. The lowest BCUT2D eigenvalue weighted by atomic mass is 10.00. The molecule has 0 aromatic carbocycles. The minimum Gasteiger partial charge on any atom is -0.462 e. The Bertz CT molecular complexity index is 1370. The lowest BCUT2D eigenvalue weighted by Gasteiger charge is -2.40. The molecule has 1 saturated heterocycles. The Labute approximate surface area is 375 Å². The summed E-state index contributed by atoms with van der Waals surface area (Å²) in [7, 11) is -4.61. The van der Waals surface area contributed by atoms with Crippen LogP contribution in [0.15, 0.2) is 60.8 Å². The van der Waals surface area contributed by atoms with Gasteiger partial charge in [-0.25, -0.2) is 0 Å². The predicted octanol–water partition coefficient (Wildman–Crippen LogP) is 10.1. The van der Waals surface area contributed by atoms with Gasteiger partial charge in [0, 0.05) is 12.8 Å².